The van der Waals surface area contributed by atoms with Crippen LogP contribution in [0.25, 0.3) is 10.8 Å². The standard InChI is InChI=1S/C28H34N2O4/c1-29-15-8-12-23(29)14-16-30(19-21-11-7-10-20-9-5-6-13-24(20)21)28(31)22-17-25(32-2)27(34-4)26(18-22)33-3/h5-7,9-11,13,17-18,23H,8,12,14-16,19H2,1-4H3. The fraction of sp³-hybridized carbons (Fsp3) is 0.393. The second-order valence-corrected chi connectivity index (χ2v) is 8.84. The van der Waals surface area contributed by atoms with Gasteiger partial charge in [-0.15, -0.1) is 0 Å². The van der Waals surface area contributed by atoms with Crippen LogP contribution < -0.4 is 14.2 Å². The zero-order valence-corrected chi connectivity index (χ0v) is 20.5. The largest absolute Gasteiger partial charge is 0.493 e. The minimum Gasteiger partial charge on any atom is -0.493 e. The van der Waals surface area contributed by atoms with E-state index in [1.165, 1.54) is 23.6 Å². The molecule has 3 aromatic rings. The van der Waals surface area contributed by atoms with Gasteiger partial charge < -0.3 is 24.0 Å². The second-order valence-electron chi connectivity index (χ2n) is 8.84. The Kier molecular flexibility index (Phi) is 7.58. The Balaban J connectivity index is 1.67. The minimum atomic E-state index is -0.0483. The average molecular weight is 463 g/mol. The van der Waals surface area contributed by atoms with Gasteiger partial charge in [0.25, 0.3) is 5.91 Å². The van der Waals surface area contributed by atoms with Gasteiger partial charge in [-0.05, 0) is 61.3 Å². The first-order valence-corrected chi connectivity index (χ1v) is 11.8. The fourth-order valence-electron chi connectivity index (χ4n) is 4.92. The maximum absolute atomic E-state index is 13.9. The Hall–Kier alpha value is -3.25. The summed E-state index contributed by atoms with van der Waals surface area (Å²) in [5.41, 5.74) is 1.66. The molecule has 0 aromatic heterocycles. The van der Waals surface area contributed by atoms with E-state index in [0.29, 0.717) is 41.9 Å². The highest BCUT2D eigenvalue weighted by Gasteiger charge is 2.25. The molecule has 34 heavy (non-hydrogen) atoms. The van der Waals surface area contributed by atoms with Crippen LogP contribution in [0.2, 0.25) is 0 Å². The molecule has 1 unspecified atom stereocenters. The van der Waals surface area contributed by atoms with Crippen LogP contribution in [-0.2, 0) is 6.54 Å². The third-order valence-electron chi connectivity index (χ3n) is 6.84. The van der Waals surface area contributed by atoms with Gasteiger partial charge in [-0.3, -0.25) is 4.79 Å². The van der Waals surface area contributed by atoms with E-state index in [2.05, 4.69) is 42.3 Å². The molecule has 1 atom stereocenters. The number of benzene rings is 3. The van der Waals surface area contributed by atoms with Crippen molar-refractivity contribution < 1.29 is 19.0 Å². The zero-order chi connectivity index (χ0) is 24.1. The molecule has 1 saturated heterocycles. The second kappa shape index (κ2) is 10.8. The summed E-state index contributed by atoms with van der Waals surface area (Å²) in [7, 11) is 6.87. The first kappa shape index (κ1) is 23.9. The molecule has 0 N–H and O–H groups in total. The van der Waals surface area contributed by atoms with E-state index in [-0.39, 0.29) is 5.91 Å². The Labute approximate surface area is 202 Å². The van der Waals surface area contributed by atoms with E-state index in [4.69, 9.17) is 14.2 Å². The molecule has 1 fully saturated rings. The Morgan fingerprint density at radius 1 is 1.00 bits per heavy atom. The van der Waals surface area contributed by atoms with Gasteiger partial charge >= 0.3 is 0 Å². The quantitative estimate of drug-likeness (QED) is 0.448. The molecule has 6 nitrogen and oxygen atoms in total. The van der Waals surface area contributed by atoms with Crippen molar-refractivity contribution in [2.24, 2.45) is 0 Å². The van der Waals surface area contributed by atoms with E-state index in [0.717, 1.165) is 18.5 Å². The molecular formula is C28H34N2O4. The first-order chi connectivity index (χ1) is 16.5. The Morgan fingerprint density at radius 2 is 1.71 bits per heavy atom. The zero-order valence-electron chi connectivity index (χ0n) is 20.5. The molecule has 0 spiro atoms. The predicted molar refractivity (Wildman–Crippen MR) is 135 cm³/mol. The highest BCUT2D eigenvalue weighted by Crippen LogP contribution is 2.38. The van der Waals surface area contributed by atoms with Crippen molar-refractivity contribution in [2.45, 2.75) is 31.8 Å². The van der Waals surface area contributed by atoms with E-state index < -0.39 is 0 Å². The number of fused-ring (bicyclic) bond motifs is 1. The number of hydrogen-bond donors (Lipinski definition) is 0. The van der Waals surface area contributed by atoms with E-state index in [1.54, 1.807) is 33.5 Å². The van der Waals surface area contributed by atoms with Crippen molar-refractivity contribution in [1.82, 2.24) is 9.80 Å². The van der Waals surface area contributed by atoms with Crippen molar-refractivity contribution in [3.8, 4) is 17.2 Å². The molecule has 0 radical (unpaired) electrons. The van der Waals surface area contributed by atoms with Crippen LogP contribution >= 0.6 is 0 Å². The summed E-state index contributed by atoms with van der Waals surface area (Å²) < 4.78 is 16.4. The van der Waals surface area contributed by atoms with Crippen molar-refractivity contribution in [3.05, 3.63) is 65.7 Å². The van der Waals surface area contributed by atoms with Crippen LogP contribution in [0.1, 0.15) is 35.2 Å². The Bertz CT molecular complexity index is 1120. The van der Waals surface area contributed by atoms with Gasteiger partial charge in [0.2, 0.25) is 5.75 Å². The number of nitrogens with zero attached hydrogens (tertiary/aromatic N) is 2. The number of rotatable bonds is 9. The lowest BCUT2D eigenvalue weighted by Gasteiger charge is -2.27. The molecule has 6 heteroatoms. The number of ether oxygens (including phenoxy) is 3. The van der Waals surface area contributed by atoms with Gasteiger partial charge in [0, 0.05) is 24.7 Å². The van der Waals surface area contributed by atoms with Gasteiger partial charge in [-0.2, -0.15) is 0 Å². The molecule has 0 bridgehead atoms. The number of carbonyl (C=O) groups is 1. The predicted octanol–water partition coefficient (Wildman–Crippen LogP) is 4.99. The maximum atomic E-state index is 13.9. The van der Waals surface area contributed by atoms with Crippen molar-refractivity contribution >= 4 is 16.7 Å². The van der Waals surface area contributed by atoms with E-state index >= 15 is 0 Å². The summed E-state index contributed by atoms with van der Waals surface area (Å²) in [6.45, 7) is 2.33. The number of amides is 1. The highest BCUT2D eigenvalue weighted by atomic mass is 16.5. The number of methoxy groups -OCH3 is 3. The molecule has 0 aliphatic carbocycles. The molecule has 180 valence electrons. The third kappa shape index (κ3) is 4.97. The minimum absolute atomic E-state index is 0.0483. The van der Waals surface area contributed by atoms with E-state index in [9.17, 15) is 4.79 Å². The van der Waals surface area contributed by atoms with Gasteiger partial charge in [-0.1, -0.05) is 42.5 Å². The number of likely N-dealkylation sites (tertiary alicyclic amines) is 1. The van der Waals surface area contributed by atoms with Crippen LogP contribution in [0.15, 0.2) is 54.6 Å². The molecule has 3 aromatic carbocycles. The smallest absolute Gasteiger partial charge is 0.254 e. The number of carbonyl (C=O) groups excluding carboxylic acids is 1. The third-order valence-corrected chi connectivity index (χ3v) is 6.84. The Morgan fingerprint density at radius 3 is 2.35 bits per heavy atom. The van der Waals surface area contributed by atoms with Gasteiger partial charge in [0.05, 0.1) is 21.3 Å². The molecule has 1 heterocycles. The molecular weight excluding hydrogens is 428 g/mol. The summed E-state index contributed by atoms with van der Waals surface area (Å²) in [5, 5.41) is 2.35. The lowest BCUT2D eigenvalue weighted by Crippen LogP contribution is -2.35. The highest BCUT2D eigenvalue weighted by molar-refractivity contribution is 5.96. The van der Waals surface area contributed by atoms with Crippen LogP contribution in [0.3, 0.4) is 0 Å². The van der Waals surface area contributed by atoms with Crippen LogP contribution in [0.5, 0.6) is 17.2 Å². The lowest BCUT2D eigenvalue weighted by atomic mass is 10.0. The summed E-state index contributed by atoms with van der Waals surface area (Å²) in [4.78, 5) is 18.2. The molecule has 1 aliphatic heterocycles. The van der Waals surface area contributed by atoms with Crippen LogP contribution in [-0.4, -0.2) is 63.2 Å². The summed E-state index contributed by atoms with van der Waals surface area (Å²) in [6.07, 6.45) is 3.33. The van der Waals surface area contributed by atoms with Gasteiger partial charge in [-0.25, -0.2) is 0 Å². The molecule has 0 saturated carbocycles. The van der Waals surface area contributed by atoms with Gasteiger partial charge in [0.15, 0.2) is 11.5 Å². The van der Waals surface area contributed by atoms with Crippen LogP contribution in [0.4, 0.5) is 0 Å². The topological polar surface area (TPSA) is 51.2 Å². The van der Waals surface area contributed by atoms with E-state index in [1.807, 2.05) is 17.0 Å². The molecule has 1 amide bonds. The monoisotopic (exact) mass is 462 g/mol. The molecule has 1 aliphatic rings. The number of hydrogen-bond acceptors (Lipinski definition) is 5. The summed E-state index contributed by atoms with van der Waals surface area (Å²) in [6, 6.07) is 18.6. The normalized spacial score (nSPS) is 15.9. The van der Waals surface area contributed by atoms with Crippen molar-refractivity contribution in [3.63, 3.8) is 0 Å². The summed E-state index contributed by atoms with van der Waals surface area (Å²) in [5.74, 6) is 1.39. The lowest BCUT2D eigenvalue weighted by molar-refractivity contribution is 0.0729. The van der Waals surface area contributed by atoms with Gasteiger partial charge in [0.1, 0.15) is 0 Å². The first-order valence-electron chi connectivity index (χ1n) is 11.8. The maximum Gasteiger partial charge on any atom is 0.254 e. The SMILES string of the molecule is COc1cc(C(=O)N(CCC2CCCN2C)Cc2cccc3ccccc23)cc(OC)c1OC. The fourth-order valence-corrected chi connectivity index (χ4v) is 4.92. The average Bonchev–Trinajstić information content (AvgIpc) is 3.29. The van der Waals surface area contributed by atoms with Crippen molar-refractivity contribution in [2.75, 3.05) is 41.5 Å². The molecule has 4 rings (SSSR count). The van der Waals surface area contributed by atoms with Crippen LogP contribution in [0, 0.1) is 0 Å². The van der Waals surface area contributed by atoms with Crippen molar-refractivity contribution in [1.29, 1.82) is 0 Å². The summed E-state index contributed by atoms with van der Waals surface area (Å²) >= 11 is 0.